The monoisotopic (exact) mass is 266 g/mol. The van der Waals surface area contributed by atoms with E-state index in [2.05, 4.69) is 0 Å². The molecule has 98 valence electrons. The van der Waals surface area contributed by atoms with E-state index in [1.165, 1.54) is 6.07 Å². The largest absolute Gasteiger partial charge is 0.508 e. The zero-order valence-corrected chi connectivity index (χ0v) is 11.6. The summed E-state index contributed by atoms with van der Waals surface area (Å²) in [6.45, 7) is 5.82. The average molecular weight is 266 g/mol. The molecule has 0 radical (unpaired) electrons. The maximum Gasteiger partial charge on any atom is 0.254 e. The number of phenols is 1. The number of thiocarbonyl (C=S) groups is 1. The molecule has 4 nitrogen and oxygen atoms in total. The molecular formula is C13H18N2O2S. The van der Waals surface area contributed by atoms with Crippen LogP contribution in [0.15, 0.2) is 18.2 Å². The van der Waals surface area contributed by atoms with Crippen LogP contribution >= 0.6 is 12.2 Å². The van der Waals surface area contributed by atoms with Gasteiger partial charge in [0.15, 0.2) is 0 Å². The minimum absolute atomic E-state index is 0.00751. The molecule has 0 saturated heterocycles. The van der Waals surface area contributed by atoms with Gasteiger partial charge in [0.05, 0.1) is 11.5 Å². The van der Waals surface area contributed by atoms with Crippen molar-refractivity contribution in [2.24, 2.45) is 5.73 Å². The van der Waals surface area contributed by atoms with Crippen molar-refractivity contribution in [1.29, 1.82) is 0 Å². The highest BCUT2D eigenvalue weighted by Crippen LogP contribution is 2.18. The first kappa shape index (κ1) is 14.4. The summed E-state index contributed by atoms with van der Waals surface area (Å²) in [4.78, 5) is 14.2. The average Bonchev–Trinajstić information content (AvgIpc) is 2.28. The van der Waals surface area contributed by atoms with E-state index in [9.17, 15) is 9.90 Å². The fourth-order valence-electron chi connectivity index (χ4n) is 1.61. The van der Waals surface area contributed by atoms with Gasteiger partial charge in [0, 0.05) is 11.6 Å². The van der Waals surface area contributed by atoms with E-state index in [0.29, 0.717) is 11.1 Å². The van der Waals surface area contributed by atoms with Gasteiger partial charge in [-0.25, -0.2) is 0 Å². The van der Waals surface area contributed by atoms with Crippen LogP contribution < -0.4 is 5.73 Å². The van der Waals surface area contributed by atoms with E-state index in [1.54, 1.807) is 24.0 Å². The van der Waals surface area contributed by atoms with Crippen LogP contribution in [0.5, 0.6) is 5.75 Å². The van der Waals surface area contributed by atoms with Crippen molar-refractivity contribution in [1.82, 2.24) is 4.90 Å². The van der Waals surface area contributed by atoms with Gasteiger partial charge >= 0.3 is 0 Å². The summed E-state index contributed by atoms with van der Waals surface area (Å²) in [5, 5.41) is 9.45. The molecular weight excluding hydrogens is 248 g/mol. The fraction of sp³-hybridized carbons (Fsp3) is 0.385. The van der Waals surface area contributed by atoms with Crippen molar-refractivity contribution in [3.8, 4) is 5.75 Å². The van der Waals surface area contributed by atoms with Gasteiger partial charge in [-0.15, -0.1) is 0 Å². The quantitative estimate of drug-likeness (QED) is 0.816. The number of hydrogen-bond donors (Lipinski definition) is 2. The third-order valence-corrected chi connectivity index (χ3v) is 2.78. The number of aryl methyl sites for hydroxylation is 1. The first-order chi connectivity index (χ1) is 8.32. The molecule has 1 aromatic carbocycles. The number of nitrogens with zero attached hydrogens (tertiary/aromatic N) is 1. The maximum atomic E-state index is 12.3. The Labute approximate surface area is 112 Å². The number of hydrogen-bond acceptors (Lipinski definition) is 3. The lowest BCUT2D eigenvalue weighted by Gasteiger charge is -2.26. The molecule has 0 atom stereocenters. The zero-order chi connectivity index (χ0) is 13.9. The Morgan fingerprint density at radius 1 is 1.50 bits per heavy atom. The van der Waals surface area contributed by atoms with Crippen LogP contribution in [-0.4, -0.2) is 33.5 Å². The second-order valence-electron chi connectivity index (χ2n) is 4.49. The van der Waals surface area contributed by atoms with E-state index >= 15 is 0 Å². The molecule has 0 bridgehead atoms. The van der Waals surface area contributed by atoms with Crippen LogP contribution in [0.3, 0.4) is 0 Å². The predicted molar refractivity (Wildman–Crippen MR) is 75.8 cm³/mol. The molecule has 3 N–H and O–H groups in total. The van der Waals surface area contributed by atoms with Gasteiger partial charge in [-0.05, 0) is 44.5 Å². The highest BCUT2D eigenvalue weighted by atomic mass is 32.1. The molecule has 1 amide bonds. The Hall–Kier alpha value is -1.62. The summed E-state index contributed by atoms with van der Waals surface area (Å²) in [6, 6.07) is 4.78. The summed E-state index contributed by atoms with van der Waals surface area (Å²) in [6.07, 6.45) is 0. The summed E-state index contributed by atoms with van der Waals surface area (Å²) in [7, 11) is 0. The molecule has 1 rings (SSSR count). The molecule has 0 aliphatic heterocycles. The summed E-state index contributed by atoms with van der Waals surface area (Å²) in [5.74, 6) is 0.0397. The van der Waals surface area contributed by atoms with Gasteiger partial charge in [-0.3, -0.25) is 4.79 Å². The van der Waals surface area contributed by atoms with Gasteiger partial charge in [-0.1, -0.05) is 12.2 Å². The van der Waals surface area contributed by atoms with Crippen molar-refractivity contribution < 1.29 is 9.90 Å². The molecule has 0 unspecified atom stereocenters. The van der Waals surface area contributed by atoms with E-state index in [-0.39, 0.29) is 29.2 Å². The third-order valence-electron chi connectivity index (χ3n) is 2.65. The first-order valence-corrected chi connectivity index (χ1v) is 6.12. The third kappa shape index (κ3) is 3.43. The van der Waals surface area contributed by atoms with Crippen LogP contribution in [-0.2, 0) is 0 Å². The number of carbonyl (C=O) groups is 1. The second-order valence-corrected chi connectivity index (χ2v) is 5.02. The lowest BCUT2D eigenvalue weighted by Crippen LogP contribution is -2.42. The number of aromatic hydroxyl groups is 1. The Bertz CT molecular complexity index is 472. The molecule has 0 saturated carbocycles. The molecule has 0 fully saturated rings. The second kappa shape index (κ2) is 5.82. The molecule has 0 aliphatic carbocycles. The van der Waals surface area contributed by atoms with Crippen LogP contribution in [0, 0.1) is 6.92 Å². The van der Waals surface area contributed by atoms with Crippen molar-refractivity contribution in [3.05, 3.63) is 29.3 Å². The summed E-state index contributed by atoms with van der Waals surface area (Å²) in [5.41, 5.74) is 6.69. The van der Waals surface area contributed by atoms with E-state index in [4.69, 9.17) is 18.0 Å². The number of carbonyl (C=O) groups excluding carboxylic acids is 1. The molecule has 0 heterocycles. The van der Waals surface area contributed by atoms with Crippen LogP contribution in [0.1, 0.15) is 29.8 Å². The molecule has 5 heteroatoms. The Kier molecular flexibility index (Phi) is 4.67. The Morgan fingerprint density at radius 2 is 2.11 bits per heavy atom. The smallest absolute Gasteiger partial charge is 0.254 e. The normalized spacial score (nSPS) is 10.4. The van der Waals surface area contributed by atoms with Gasteiger partial charge in [-0.2, -0.15) is 0 Å². The fourth-order valence-corrected chi connectivity index (χ4v) is 1.75. The van der Waals surface area contributed by atoms with Crippen molar-refractivity contribution in [2.75, 3.05) is 6.54 Å². The van der Waals surface area contributed by atoms with Gasteiger partial charge < -0.3 is 15.7 Å². The van der Waals surface area contributed by atoms with Gasteiger partial charge in [0.2, 0.25) is 0 Å². The maximum absolute atomic E-state index is 12.3. The minimum Gasteiger partial charge on any atom is -0.508 e. The number of rotatable bonds is 4. The van der Waals surface area contributed by atoms with Gasteiger partial charge in [0.1, 0.15) is 5.75 Å². The van der Waals surface area contributed by atoms with Crippen LogP contribution in [0.2, 0.25) is 0 Å². The van der Waals surface area contributed by atoms with Crippen molar-refractivity contribution >= 4 is 23.1 Å². The number of amides is 1. The van der Waals surface area contributed by atoms with Crippen LogP contribution in [0.25, 0.3) is 0 Å². The van der Waals surface area contributed by atoms with Crippen LogP contribution in [0.4, 0.5) is 0 Å². The number of nitrogens with two attached hydrogens (primary N) is 1. The highest BCUT2D eigenvalue weighted by Gasteiger charge is 2.19. The van der Waals surface area contributed by atoms with E-state index < -0.39 is 0 Å². The Balaban J connectivity index is 3.02. The van der Waals surface area contributed by atoms with E-state index in [1.807, 2.05) is 13.8 Å². The lowest BCUT2D eigenvalue weighted by molar-refractivity contribution is 0.0736. The predicted octanol–water partition coefficient (Wildman–Crippen LogP) is 1.84. The number of phenolic OH excluding ortho intramolecular Hbond substituents is 1. The Morgan fingerprint density at radius 3 is 2.56 bits per heavy atom. The minimum atomic E-state index is -0.138. The molecule has 18 heavy (non-hydrogen) atoms. The first-order valence-electron chi connectivity index (χ1n) is 5.71. The zero-order valence-electron chi connectivity index (χ0n) is 10.8. The summed E-state index contributed by atoms with van der Waals surface area (Å²) < 4.78 is 0. The van der Waals surface area contributed by atoms with Crippen molar-refractivity contribution in [2.45, 2.75) is 26.8 Å². The van der Waals surface area contributed by atoms with Crippen molar-refractivity contribution in [3.63, 3.8) is 0 Å². The number of benzene rings is 1. The molecule has 1 aromatic rings. The topological polar surface area (TPSA) is 66.6 Å². The molecule has 0 aromatic heterocycles. The standard InChI is InChI=1S/C13H18N2O2S/c1-8(2)15(7-12(14)18)13(17)10-4-5-11(16)9(3)6-10/h4-6,8,16H,7H2,1-3H3,(H2,14,18). The van der Waals surface area contributed by atoms with E-state index in [0.717, 1.165) is 0 Å². The van der Waals surface area contributed by atoms with Gasteiger partial charge in [0.25, 0.3) is 5.91 Å². The highest BCUT2D eigenvalue weighted by molar-refractivity contribution is 7.80. The lowest BCUT2D eigenvalue weighted by atomic mass is 10.1. The molecule has 0 aliphatic rings. The SMILES string of the molecule is Cc1cc(C(=O)N(CC(N)=S)C(C)C)ccc1O. The summed E-state index contributed by atoms with van der Waals surface area (Å²) >= 11 is 4.85. The molecule has 0 spiro atoms.